The Labute approximate surface area is 247 Å². The zero-order chi connectivity index (χ0) is 29.9. The van der Waals surface area contributed by atoms with Crippen molar-refractivity contribution in [2.75, 3.05) is 49.6 Å². The number of fused-ring (bicyclic) bond motifs is 2. The van der Waals surface area contributed by atoms with Crippen molar-refractivity contribution >= 4 is 51.1 Å². The molecule has 0 spiro atoms. The van der Waals surface area contributed by atoms with E-state index in [-0.39, 0.29) is 39.7 Å². The molecule has 0 unspecified atom stereocenters. The number of carbonyl (C=O) groups is 1. The quantitative estimate of drug-likeness (QED) is 0.319. The Balaban J connectivity index is 1.52. The molecule has 0 radical (unpaired) electrons. The number of nitrogens with one attached hydrogen (secondary N) is 1. The Morgan fingerprint density at radius 1 is 1.14 bits per heavy atom. The molecule has 6 rings (SSSR count). The fourth-order valence-electron chi connectivity index (χ4n) is 6.00. The lowest BCUT2D eigenvalue weighted by molar-refractivity contribution is -0.128. The Bertz CT molecular complexity index is 1700. The second-order valence-corrected chi connectivity index (χ2v) is 11.6. The van der Waals surface area contributed by atoms with E-state index in [2.05, 4.69) is 40.5 Å². The summed E-state index contributed by atoms with van der Waals surface area (Å²) in [5.74, 6) is -0.544. The second kappa shape index (κ2) is 10.8. The molecule has 2 aliphatic heterocycles. The van der Waals surface area contributed by atoms with Gasteiger partial charge in [-0.3, -0.25) is 9.89 Å². The van der Waals surface area contributed by atoms with Crippen LogP contribution in [-0.4, -0.2) is 93.8 Å². The molecule has 0 bridgehead atoms. The largest absolute Gasteiger partial charge is 0.349 e. The molecule has 0 aliphatic carbocycles. The fraction of sp³-hybridized carbons (Fsp3) is 0.400. The van der Waals surface area contributed by atoms with Crippen LogP contribution in [0.25, 0.3) is 32.9 Å². The number of anilines is 2. The molecule has 2 atom stereocenters. The van der Waals surface area contributed by atoms with Crippen LogP contribution in [0, 0.1) is 11.6 Å². The highest BCUT2D eigenvalue weighted by atomic mass is 35.5. The number of hydrogen-bond acceptors (Lipinski definition) is 7. The van der Waals surface area contributed by atoms with Crippen molar-refractivity contribution in [3.8, 4) is 11.1 Å². The summed E-state index contributed by atoms with van der Waals surface area (Å²) >= 11 is 6.76. The topological polar surface area (TPSA) is 84.5 Å². The summed E-state index contributed by atoms with van der Waals surface area (Å²) in [6, 6.07) is 4.51. The molecular weight excluding hydrogens is 562 g/mol. The number of piperazine rings is 1. The number of benzene rings is 2. The highest BCUT2D eigenvalue weighted by molar-refractivity contribution is 6.35. The number of nitrogens with zero attached hydrogens (tertiary/aromatic N) is 7. The highest BCUT2D eigenvalue weighted by Crippen LogP contribution is 2.43. The van der Waals surface area contributed by atoms with Crippen molar-refractivity contribution in [2.24, 2.45) is 0 Å². The first-order chi connectivity index (χ1) is 20.1. The molecule has 2 aliphatic rings. The first-order valence-electron chi connectivity index (χ1n) is 14.1. The summed E-state index contributed by atoms with van der Waals surface area (Å²) in [5, 5.41) is 7.71. The molecule has 42 heavy (non-hydrogen) atoms. The van der Waals surface area contributed by atoms with Crippen molar-refractivity contribution in [2.45, 2.75) is 38.9 Å². The molecule has 1 N–H and O–H groups in total. The third-order valence-electron chi connectivity index (χ3n) is 8.66. The number of aromatic amines is 1. The highest BCUT2D eigenvalue weighted by Gasteiger charge is 2.36. The maximum atomic E-state index is 16.7. The number of aromatic nitrogens is 4. The average Bonchev–Trinajstić information content (AvgIpc) is 3.43. The SMILES string of the molecule is C=CC(=O)N1C[C@H](C)N(c2nc(N3CC(N(C)CC)C3)nc3c(F)c(-c4c(F)ccc5[nH]ncc45)c(Cl)cc23)C[C@H]1C. The van der Waals surface area contributed by atoms with Gasteiger partial charge < -0.3 is 19.6 Å². The summed E-state index contributed by atoms with van der Waals surface area (Å²) in [6.45, 7) is 12.9. The first-order valence-corrected chi connectivity index (χ1v) is 14.5. The lowest BCUT2D eigenvalue weighted by atomic mass is 9.98. The van der Waals surface area contributed by atoms with Crippen molar-refractivity contribution in [1.82, 2.24) is 30.0 Å². The Kier molecular flexibility index (Phi) is 7.26. The van der Waals surface area contributed by atoms with Crippen LogP contribution in [0.1, 0.15) is 20.8 Å². The fourth-order valence-corrected chi connectivity index (χ4v) is 6.29. The molecule has 2 aromatic carbocycles. The van der Waals surface area contributed by atoms with Gasteiger partial charge in [-0.2, -0.15) is 10.1 Å². The van der Waals surface area contributed by atoms with Gasteiger partial charge in [-0.25, -0.2) is 13.8 Å². The molecule has 2 saturated heterocycles. The van der Waals surface area contributed by atoms with Gasteiger partial charge in [0.05, 0.1) is 16.7 Å². The standard InChI is InChI=1S/C30H33ClF2N8O/c1-6-24(42)40-12-17(4)41(13-16(40)3)29-19-10-21(31)26(25-20-11-34-37-23(20)9-8-22(25)32)27(33)28(19)35-30(36-29)39-14-18(15-39)38(5)7-2/h6,8-11,16-18H,1,7,12-15H2,2-5H3,(H,34,37)/t16-,17+/m1/s1. The van der Waals surface area contributed by atoms with Gasteiger partial charge in [0, 0.05) is 66.2 Å². The summed E-state index contributed by atoms with van der Waals surface area (Å²) in [5.41, 5.74) is 0.581. The number of carbonyl (C=O) groups excluding carboxylic acids is 1. The smallest absolute Gasteiger partial charge is 0.246 e. The van der Waals surface area contributed by atoms with E-state index >= 15 is 8.78 Å². The van der Waals surface area contributed by atoms with E-state index in [1.54, 1.807) is 17.0 Å². The normalized spacial score (nSPS) is 19.7. The van der Waals surface area contributed by atoms with Crippen molar-refractivity contribution < 1.29 is 13.6 Å². The molecule has 2 fully saturated rings. The lowest BCUT2D eigenvalue weighted by Gasteiger charge is -2.46. The number of rotatable bonds is 6. The molecule has 0 saturated carbocycles. The predicted octanol–water partition coefficient (Wildman–Crippen LogP) is 4.86. The molecule has 4 aromatic rings. The van der Waals surface area contributed by atoms with Crippen LogP contribution >= 0.6 is 11.6 Å². The molecule has 2 aromatic heterocycles. The number of amides is 1. The minimum atomic E-state index is -0.723. The molecule has 12 heteroatoms. The van der Waals surface area contributed by atoms with Crippen molar-refractivity contribution in [1.29, 1.82) is 0 Å². The van der Waals surface area contributed by atoms with E-state index in [1.807, 2.05) is 18.7 Å². The van der Waals surface area contributed by atoms with Crippen LogP contribution in [0.5, 0.6) is 0 Å². The third kappa shape index (κ3) is 4.55. The first kappa shape index (κ1) is 28.3. The maximum Gasteiger partial charge on any atom is 0.246 e. The van der Waals surface area contributed by atoms with Gasteiger partial charge in [-0.15, -0.1) is 0 Å². The summed E-state index contributed by atoms with van der Waals surface area (Å²) in [6.07, 6.45) is 2.78. The summed E-state index contributed by atoms with van der Waals surface area (Å²) in [4.78, 5) is 30.3. The average molecular weight is 595 g/mol. The Morgan fingerprint density at radius 3 is 2.62 bits per heavy atom. The van der Waals surface area contributed by atoms with Crippen LogP contribution in [0.4, 0.5) is 20.5 Å². The zero-order valence-corrected chi connectivity index (χ0v) is 24.8. The second-order valence-electron chi connectivity index (χ2n) is 11.2. The van der Waals surface area contributed by atoms with E-state index in [1.165, 1.54) is 18.3 Å². The zero-order valence-electron chi connectivity index (χ0n) is 24.0. The predicted molar refractivity (Wildman–Crippen MR) is 162 cm³/mol. The number of H-pyrrole nitrogens is 1. The van der Waals surface area contributed by atoms with Crippen molar-refractivity contribution in [3.63, 3.8) is 0 Å². The Morgan fingerprint density at radius 2 is 1.90 bits per heavy atom. The van der Waals surface area contributed by atoms with Gasteiger partial charge in [-0.05, 0) is 51.7 Å². The van der Waals surface area contributed by atoms with E-state index in [0.29, 0.717) is 60.3 Å². The monoisotopic (exact) mass is 594 g/mol. The number of hydrogen-bond donors (Lipinski definition) is 1. The summed E-state index contributed by atoms with van der Waals surface area (Å²) in [7, 11) is 2.07. The number of likely N-dealkylation sites (N-methyl/N-ethyl adjacent to an activating group) is 1. The minimum absolute atomic E-state index is 0.0273. The van der Waals surface area contributed by atoms with Crippen LogP contribution in [0.3, 0.4) is 0 Å². The van der Waals surface area contributed by atoms with E-state index < -0.39 is 11.6 Å². The molecule has 4 heterocycles. The van der Waals surface area contributed by atoms with E-state index in [4.69, 9.17) is 21.6 Å². The third-order valence-corrected chi connectivity index (χ3v) is 8.96. The van der Waals surface area contributed by atoms with Gasteiger partial charge in [0.2, 0.25) is 11.9 Å². The van der Waals surface area contributed by atoms with E-state index in [9.17, 15) is 4.79 Å². The molecule has 9 nitrogen and oxygen atoms in total. The lowest BCUT2D eigenvalue weighted by Crippen LogP contribution is -2.59. The van der Waals surface area contributed by atoms with Gasteiger partial charge in [0.15, 0.2) is 5.82 Å². The van der Waals surface area contributed by atoms with Crippen LogP contribution in [-0.2, 0) is 4.79 Å². The molecular formula is C30H33ClF2N8O. The summed E-state index contributed by atoms with van der Waals surface area (Å²) < 4.78 is 32.0. The van der Waals surface area contributed by atoms with Crippen molar-refractivity contribution in [3.05, 3.63) is 53.7 Å². The van der Waals surface area contributed by atoms with E-state index in [0.717, 1.165) is 6.54 Å². The van der Waals surface area contributed by atoms with Gasteiger partial charge in [0.1, 0.15) is 17.2 Å². The van der Waals surface area contributed by atoms with Gasteiger partial charge >= 0.3 is 0 Å². The van der Waals surface area contributed by atoms with Gasteiger partial charge in [0.25, 0.3) is 0 Å². The minimum Gasteiger partial charge on any atom is -0.349 e. The van der Waals surface area contributed by atoms with Gasteiger partial charge in [-0.1, -0.05) is 25.1 Å². The van der Waals surface area contributed by atoms with Crippen LogP contribution in [0.15, 0.2) is 37.1 Å². The maximum absolute atomic E-state index is 16.7. The molecule has 1 amide bonds. The number of halogens is 3. The van der Waals surface area contributed by atoms with Crippen LogP contribution in [0.2, 0.25) is 5.02 Å². The Hall–Kier alpha value is -3.83. The van der Waals surface area contributed by atoms with Crippen LogP contribution < -0.4 is 9.80 Å². The molecule has 220 valence electrons.